The number of benzene rings is 1. The van der Waals surface area contributed by atoms with Gasteiger partial charge in [0.25, 0.3) is 5.91 Å². The summed E-state index contributed by atoms with van der Waals surface area (Å²) in [5.41, 5.74) is 3.45. The molecule has 5 rings (SSSR count). The van der Waals surface area contributed by atoms with Crippen LogP contribution in [0.25, 0.3) is 10.9 Å². The number of halogens is 1. The Hall–Kier alpha value is -4.00. The molecule has 3 heterocycles. The Kier molecular flexibility index (Phi) is 8.81. The maximum atomic E-state index is 13.5. The first kappa shape index (κ1) is 28.5. The summed E-state index contributed by atoms with van der Waals surface area (Å²) < 4.78 is 0. The van der Waals surface area contributed by atoms with Gasteiger partial charge in [0, 0.05) is 28.3 Å². The number of carbonyl (C=O) groups excluding carboxylic acids is 2. The minimum absolute atomic E-state index is 0.0676. The minimum atomic E-state index is -0.675. The van der Waals surface area contributed by atoms with E-state index >= 15 is 0 Å². The second kappa shape index (κ2) is 12.7. The molecule has 0 saturated heterocycles. The van der Waals surface area contributed by atoms with Crippen molar-refractivity contribution < 1.29 is 9.59 Å². The van der Waals surface area contributed by atoms with E-state index in [0.717, 1.165) is 52.8 Å². The lowest BCUT2D eigenvalue weighted by Gasteiger charge is -2.21. The zero-order chi connectivity index (χ0) is 28.9. The number of anilines is 2. The second-order valence-corrected chi connectivity index (χ2v) is 12.1. The molecule has 1 aromatic carbocycles. The van der Waals surface area contributed by atoms with Crippen LogP contribution in [0.15, 0.2) is 54.9 Å². The number of pyridine rings is 2. The van der Waals surface area contributed by atoms with Crippen molar-refractivity contribution in [3.63, 3.8) is 0 Å². The fourth-order valence-corrected chi connectivity index (χ4v) is 6.28. The van der Waals surface area contributed by atoms with Crippen LogP contribution in [0.2, 0.25) is 5.02 Å². The van der Waals surface area contributed by atoms with E-state index < -0.39 is 6.04 Å². The maximum Gasteiger partial charge on any atom is 0.262 e. The number of nitriles is 1. The number of aromatic nitrogens is 2. The Morgan fingerprint density at radius 1 is 1.12 bits per heavy atom. The number of thiophene rings is 1. The third-order valence-electron chi connectivity index (χ3n) is 7.45. The second-order valence-electron chi connectivity index (χ2n) is 10.5. The van der Waals surface area contributed by atoms with E-state index in [1.165, 1.54) is 17.5 Å². The number of rotatable bonds is 9. The van der Waals surface area contributed by atoms with Crippen molar-refractivity contribution in [2.45, 2.75) is 58.0 Å². The number of hydrogen-bond acceptors (Lipinski definition) is 7. The quantitative estimate of drug-likeness (QED) is 0.194. The average molecular weight is 587 g/mol. The van der Waals surface area contributed by atoms with Gasteiger partial charge in [-0.3, -0.25) is 19.6 Å². The van der Waals surface area contributed by atoms with Crippen LogP contribution in [0.3, 0.4) is 0 Å². The Morgan fingerprint density at radius 2 is 1.93 bits per heavy atom. The number of aryl methyl sites for hydroxylation is 1. The highest BCUT2D eigenvalue weighted by Crippen LogP contribution is 2.31. The molecule has 210 valence electrons. The first-order chi connectivity index (χ1) is 19.8. The van der Waals surface area contributed by atoms with Crippen LogP contribution in [-0.4, -0.2) is 27.8 Å². The van der Waals surface area contributed by atoms with Gasteiger partial charge in [0.05, 0.1) is 38.4 Å². The van der Waals surface area contributed by atoms with E-state index in [1.807, 2.05) is 26.0 Å². The molecule has 1 saturated carbocycles. The molecule has 0 radical (unpaired) electrons. The zero-order valence-electron chi connectivity index (χ0n) is 22.9. The predicted molar refractivity (Wildman–Crippen MR) is 163 cm³/mol. The standard InChI is InChI=1S/C31H31ClN6O2S/c1-18-26(14-23(32)17-34-18)36-19(2)28-9-10-29(41-28)31(40)38-27(12-20-5-3-4-6-20)30(39)37-24-7-8-25-22(13-24)11-21(15-33)16-35-25/h7-11,13-14,16-17,19-20,27,36H,3-6,12H2,1-2H3,(H,37,39)(H,38,40)/t19-,27-/m0/s1. The molecule has 0 spiro atoms. The Bertz CT molecular complexity index is 1620. The normalized spacial score (nSPS) is 14.8. The van der Waals surface area contributed by atoms with Crippen LogP contribution in [0.5, 0.6) is 0 Å². The molecule has 0 aliphatic heterocycles. The molecule has 2 amide bonds. The molecule has 1 aliphatic carbocycles. The average Bonchev–Trinajstić information content (AvgIpc) is 3.67. The first-order valence-electron chi connectivity index (χ1n) is 13.7. The van der Waals surface area contributed by atoms with E-state index in [-0.39, 0.29) is 17.9 Å². The largest absolute Gasteiger partial charge is 0.376 e. The summed E-state index contributed by atoms with van der Waals surface area (Å²) in [7, 11) is 0. The summed E-state index contributed by atoms with van der Waals surface area (Å²) in [6.07, 6.45) is 8.13. The van der Waals surface area contributed by atoms with Crippen LogP contribution in [-0.2, 0) is 4.79 Å². The zero-order valence-corrected chi connectivity index (χ0v) is 24.5. The van der Waals surface area contributed by atoms with Gasteiger partial charge in [-0.25, -0.2) is 0 Å². The smallest absolute Gasteiger partial charge is 0.262 e. The fraction of sp³-hybridized carbons (Fsp3) is 0.323. The third kappa shape index (κ3) is 7.02. The van der Waals surface area contributed by atoms with Crippen LogP contribution < -0.4 is 16.0 Å². The molecule has 1 fully saturated rings. The highest BCUT2D eigenvalue weighted by atomic mass is 35.5. The van der Waals surface area contributed by atoms with Gasteiger partial charge in [-0.15, -0.1) is 11.3 Å². The molecule has 2 atom stereocenters. The van der Waals surface area contributed by atoms with Gasteiger partial charge in [0.1, 0.15) is 12.1 Å². The van der Waals surface area contributed by atoms with Crippen molar-refractivity contribution in [1.82, 2.24) is 15.3 Å². The SMILES string of the molecule is Cc1ncc(Cl)cc1N[C@@H](C)c1ccc(C(=O)N[C@@H](CC2CCCC2)C(=O)Nc2ccc3ncc(C#N)cc3c2)s1. The lowest BCUT2D eigenvalue weighted by atomic mass is 9.97. The number of carbonyl (C=O) groups is 2. The van der Waals surface area contributed by atoms with E-state index in [0.29, 0.717) is 33.5 Å². The molecular weight excluding hydrogens is 556 g/mol. The van der Waals surface area contributed by atoms with E-state index in [2.05, 4.69) is 32.0 Å². The highest BCUT2D eigenvalue weighted by molar-refractivity contribution is 7.14. The van der Waals surface area contributed by atoms with Crippen molar-refractivity contribution in [3.8, 4) is 6.07 Å². The fourth-order valence-electron chi connectivity index (χ4n) is 5.21. The highest BCUT2D eigenvalue weighted by Gasteiger charge is 2.28. The number of nitrogens with one attached hydrogen (secondary N) is 3. The number of nitrogens with zero attached hydrogens (tertiary/aromatic N) is 3. The lowest BCUT2D eigenvalue weighted by molar-refractivity contribution is -0.118. The molecule has 4 aromatic rings. The van der Waals surface area contributed by atoms with Crippen LogP contribution in [0.1, 0.15) is 70.9 Å². The van der Waals surface area contributed by atoms with Crippen molar-refractivity contribution in [3.05, 3.63) is 80.9 Å². The van der Waals surface area contributed by atoms with E-state index in [4.69, 9.17) is 11.6 Å². The van der Waals surface area contributed by atoms with Crippen molar-refractivity contribution in [2.75, 3.05) is 10.6 Å². The van der Waals surface area contributed by atoms with Crippen LogP contribution in [0.4, 0.5) is 11.4 Å². The first-order valence-corrected chi connectivity index (χ1v) is 14.9. The number of amides is 2. The lowest BCUT2D eigenvalue weighted by Crippen LogP contribution is -2.44. The van der Waals surface area contributed by atoms with Crippen LogP contribution in [0, 0.1) is 24.2 Å². The van der Waals surface area contributed by atoms with Gasteiger partial charge in [-0.1, -0.05) is 37.3 Å². The molecule has 10 heteroatoms. The summed E-state index contributed by atoms with van der Waals surface area (Å²) in [5, 5.41) is 19.9. The molecular formula is C31H31ClN6O2S. The number of hydrogen-bond donors (Lipinski definition) is 3. The summed E-state index contributed by atoms with van der Waals surface area (Å²) >= 11 is 7.51. The summed E-state index contributed by atoms with van der Waals surface area (Å²) in [6, 6.07) is 14.0. The van der Waals surface area contributed by atoms with Gasteiger partial charge in [-0.2, -0.15) is 5.26 Å². The Morgan fingerprint density at radius 3 is 2.71 bits per heavy atom. The van der Waals surface area contributed by atoms with Gasteiger partial charge in [0.2, 0.25) is 5.91 Å². The van der Waals surface area contributed by atoms with Crippen molar-refractivity contribution in [1.29, 1.82) is 5.26 Å². The Labute approximate surface area is 248 Å². The molecule has 0 unspecified atom stereocenters. The van der Waals surface area contributed by atoms with E-state index in [1.54, 1.807) is 36.5 Å². The monoisotopic (exact) mass is 586 g/mol. The molecule has 3 aromatic heterocycles. The predicted octanol–water partition coefficient (Wildman–Crippen LogP) is 7.02. The third-order valence-corrected chi connectivity index (χ3v) is 8.92. The van der Waals surface area contributed by atoms with Gasteiger partial charge in [-0.05, 0) is 68.7 Å². The Balaban J connectivity index is 1.29. The van der Waals surface area contributed by atoms with Crippen molar-refractivity contribution >= 4 is 57.0 Å². The molecule has 0 bridgehead atoms. The van der Waals surface area contributed by atoms with E-state index in [9.17, 15) is 14.9 Å². The molecule has 8 nitrogen and oxygen atoms in total. The molecule has 1 aliphatic rings. The van der Waals surface area contributed by atoms with Crippen molar-refractivity contribution in [2.24, 2.45) is 5.92 Å². The summed E-state index contributed by atoms with van der Waals surface area (Å²) in [5.74, 6) is -0.138. The van der Waals surface area contributed by atoms with Gasteiger partial charge in [0.15, 0.2) is 0 Å². The topological polar surface area (TPSA) is 120 Å². The molecule has 41 heavy (non-hydrogen) atoms. The maximum absolute atomic E-state index is 13.5. The number of fused-ring (bicyclic) bond motifs is 1. The summed E-state index contributed by atoms with van der Waals surface area (Å²) in [4.78, 5) is 36.9. The minimum Gasteiger partial charge on any atom is -0.376 e. The molecule has 3 N–H and O–H groups in total. The van der Waals surface area contributed by atoms with Gasteiger partial charge < -0.3 is 16.0 Å². The van der Waals surface area contributed by atoms with Crippen LogP contribution >= 0.6 is 22.9 Å². The summed E-state index contributed by atoms with van der Waals surface area (Å²) in [6.45, 7) is 3.93. The van der Waals surface area contributed by atoms with Gasteiger partial charge >= 0.3 is 0 Å².